The number of esters is 1. The molecule has 2 rings (SSSR count). The summed E-state index contributed by atoms with van der Waals surface area (Å²) in [5.41, 5.74) is -0.122. The Hall–Kier alpha value is -3.71. The molecule has 10 heteroatoms. The molecular weight excluding hydrogens is 398 g/mol. The van der Waals surface area contributed by atoms with Crippen LogP contribution in [0.1, 0.15) is 6.92 Å². The fourth-order valence-electron chi connectivity index (χ4n) is 2.23. The summed E-state index contributed by atoms with van der Waals surface area (Å²) in [6, 6.07) is 11.7. The van der Waals surface area contributed by atoms with Crippen LogP contribution in [0.3, 0.4) is 0 Å². The zero-order valence-corrected chi connectivity index (χ0v) is 16.5. The second kappa shape index (κ2) is 9.48. The molecular formula is C19H19N3O6S. The molecule has 0 amide bonds. The first kappa shape index (κ1) is 21.6. The van der Waals surface area contributed by atoms with Gasteiger partial charge in [0, 0.05) is 6.20 Å². The van der Waals surface area contributed by atoms with Crippen LogP contribution in [0, 0.1) is 11.3 Å². The molecule has 2 aromatic carbocycles. The highest BCUT2D eigenvalue weighted by atomic mass is 32.2. The molecule has 3 N–H and O–H groups in total. The van der Waals surface area contributed by atoms with E-state index in [1.807, 2.05) is 0 Å². The Labute approximate surface area is 168 Å². The number of phenols is 1. The van der Waals surface area contributed by atoms with Gasteiger partial charge in [0.2, 0.25) is 0 Å². The maximum atomic E-state index is 12.7. The van der Waals surface area contributed by atoms with Crippen LogP contribution in [0.4, 0.5) is 11.4 Å². The Morgan fingerprint density at radius 1 is 1.24 bits per heavy atom. The van der Waals surface area contributed by atoms with Gasteiger partial charge in [0.15, 0.2) is 5.57 Å². The maximum Gasteiger partial charge on any atom is 0.350 e. The summed E-state index contributed by atoms with van der Waals surface area (Å²) in [5.74, 6) is -0.786. The van der Waals surface area contributed by atoms with Crippen LogP contribution in [-0.2, 0) is 19.6 Å². The van der Waals surface area contributed by atoms with Gasteiger partial charge in [0.1, 0.15) is 17.6 Å². The lowest BCUT2D eigenvalue weighted by atomic mass is 10.2. The molecule has 0 aliphatic rings. The molecule has 0 aliphatic carbocycles. The van der Waals surface area contributed by atoms with Crippen molar-refractivity contribution in [3.8, 4) is 17.6 Å². The van der Waals surface area contributed by atoms with Crippen molar-refractivity contribution >= 4 is 27.4 Å². The van der Waals surface area contributed by atoms with E-state index in [1.165, 1.54) is 25.3 Å². The minimum absolute atomic E-state index is 0.0232. The van der Waals surface area contributed by atoms with Crippen LogP contribution in [0.2, 0.25) is 0 Å². The molecule has 29 heavy (non-hydrogen) atoms. The van der Waals surface area contributed by atoms with Crippen molar-refractivity contribution in [1.29, 1.82) is 5.26 Å². The first-order valence-corrected chi connectivity index (χ1v) is 9.83. The maximum absolute atomic E-state index is 12.7. The van der Waals surface area contributed by atoms with Crippen LogP contribution < -0.4 is 14.8 Å². The number of sulfonamides is 1. The molecule has 152 valence electrons. The molecule has 0 heterocycles. The van der Waals surface area contributed by atoms with E-state index in [0.29, 0.717) is 5.75 Å². The van der Waals surface area contributed by atoms with E-state index in [-0.39, 0.29) is 34.2 Å². The van der Waals surface area contributed by atoms with Gasteiger partial charge in [0.25, 0.3) is 10.0 Å². The lowest BCUT2D eigenvalue weighted by Crippen LogP contribution is -2.14. The summed E-state index contributed by atoms with van der Waals surface area (Å²) >= 11 is 0. The topological polar surface area (TPSA) is 138 Å². The first-order chi connectivity index (χ1) is 13.8. The van der Waals surface area contributed by atoms with E-state index in [0.717, 1.165) is 12.3 Å². The Morgan fingerprint density at radius 2 is 1.97 bits per heavy atom. The van der Waals surface area contributed by atoms with Gasteiger partial charge >= 0.3 is 5.97 Å². The van der Waals surface area contributed by atoms with Crippen molar-refractivity contribution in [2.24, 2.45) is 0 Å². The number of rotatable bonds is 8. The Morgan fingerprint density at radius 3 is 2.62 bits per heavy atom. The number of methoxy groups -OCH3 is 1. The predicted octanol–water partition coefficient (Wildman–Crippen LogP) is 2.58. The zero-order chi connectivity index (χ0) is 21.4. The average molecular weight is 417 g/mol. The van der Waals surface area contributed by atoms with E-state index >= 15 is 0 Å². The molecule has 0 bridgehead atoms. The number of nitrogens with one attached hydrogen (secondary N) is 2. The Kier molecular flexibility index (Phi) is 7.05. The van der Waals surface area contributed by atoms with Crippen LogP contribution >= 0.6 is 0 Å². The summed E-state index contributed by atoms with van der Waals surface area (Å²) in [7, 11) is -2.60. The fourth-order valence-corrected chi connectivity index (χ4v) is 3.32. The molecule has 0 spiro atoms. The minimum Gasteiger partial charge on any atom is -0.506 e. The van der Waals surface area contributed by atoms with Gasteiger partial charge in [-0.15, -0.1) is 0 Å². The predicted molar refractivity (Wildman–Crippen MR) is 106 cm³/mol. The number of nitriles is 1. The lowest BCUT2D eigenvalue weighted by molar-refractivity contribution is -0.138. The zero-order valence-electron chi connectivity index (χ0n) is 15.7. The SMILES string of the molecule is CCOC(=O)/C(C#N)=C/Nc1cc(S(=O)(=O)Nc2ccccc2OC)ccc1O. The van der Waals surface area contributed by atoms with Crippen molar-refractivity contribution in [2.75, 3.05) is 23.8 Å². The number of anilines is 2. The summed E-state index contributed by atoms with van der Waals surface area (Å²) in [5, 5.41) is 21.6. The number of benzene rings is 2. The highest BCUT2D eigenvalue weighted by molar-refractivity contribution is 7.92. The third kappa shape index (κ3) is 5.40. The van der Waals surface area contributed by atoms with E-state index in [1.54, 1.807) is 31.2 Å². The molecule has 0 aliphatic heterocycles. The number of aromatic hydroxyl groups is 1. The molecule has 0 saturated carbocycles. The van der Waals surface area contributed by atoms with Gasteiger partial charge in [-0.2, -0.15) is 5.26 Å². The van der Waals surface area contributed by atoms with Gasteiger partial charge in [-0.1, -0.05) is 12.1 Å². The van der Waals surface area contributed by atoms with Crippen LogP contribution in [0.5, 0.6) is 11.5 Å². The molecule has 0 atom stereocenters. The minimum atomic E-state index is -4.01. The summed E-state index contributed by atoms with van der Waals surface area (Å²) in [6.45, 7) is 1.68. The van der Waals surface area contributed by atoms with Crippen molar-refractivity contribution in [3.05, 3.63) is 54.2 Å². The molecule has 2 aromatic rings. The fraction of sp³-hybridized carbons (Fsp3) is 0.158. The number of hydrogen-bond donors (Lipinski definition) is 3. The van der Waals surface area contributed by atoms with Crippen molar-refractivity contribution in [3.63, 3.8) is 0 Å². The number of phenolic OH excluding ortho intramolecular Hbond substituents is 1. The van der Waals surface area contributed by atoms with E-state index in [9.17, 15) is 18.3 Å². The van der Waals surface area contributed by atoms with Crippen molar-refractivity contribution < 1.29 is 27.8 Å². The van der Waals surface area contributed by atoms with Crippen LogP contribution in [0.15, 0.2) is 59.1 Å². The smallest absolute Gasteiger partial charge is 0.350 e. The van der Waals surface area contributed by atoms with Crippen LogP contribution in [-0.4, -0.2) is 33.2 Å². The number of ether oxygens (including phenoxy) is 2. The second-order valence-electron chi connectivity index (χ2n) is 5.52. The Balaban J connectivity index is 2.32. The molecule has 9 nitrogen and oxygen atoms in total. The van der Waals surface area contributed by atoms with E-state index < -0.39 is 16.0 Å². The number of carbonyl (C=O) groups is 1. The third-order valence-electron chi connectivity index (χ3n) is 3.62. The van der Waals surface area contributed by atoms with Gasteiger partial charge < -0.3 is 19.9 Å². The largest absolute Gasteiger partial charge is 0.506 e. The van der Waals surface area contributed by atoms with Gasteiger partial charge in [-0.3, -0.25) is 4.72 Å². The monoisotopic (exact) mass is 417 g/mol. The average Bonchev–Trinajstić information content (AvgIpc) is 2.70. The number of nitrogens with zero attached hydrogens (tertiary/aromatic N) is 1. The van der Waals surface area contributed by atoms with Gasteiger partial charge in [-0.05, 0) is 37.3 Å². The molecule has 0 unspecified atom stereocenters. The first-order valence-electron chi connectivity index (χ1n) is 8.35. The second-order valence-corrected chi connectivity index (χ2v) is 7.20. The number of carbonyl (C=O) groups excluding carboxylic acids is 1. The number of hydrogen-bond acceptors (Lipinski definition) is 8. The summed E-state index contributed by atoms with van der Waals surface area (Å²) in [6.07, 6.45) is 1.02. The molecule has 0 aromatic heterocycles. The third-order valence-corrected chi connectivity index (χ3v) is 4.98. The quantitative estimate of drug-likeness (QED) is 0.258. The van der Waals surface area contributed by atoms with Crippen molar-refractivity contribution in [1.82, 2.24) is 0 Å². The molecule has 0 radical (unpaired) electrons. The normalized spacial score (nSPS) is 11.3. The van der Waals surface area contributed by atoms with E-state index in [4.69, 9.17) is 14.7 Å². The number of para-hydroxylation sites is 2. The highest BCUT2D eigenvalue weighted by Gasteiger charge is 2.18. The van der Waals surface area contributed by atoms with Crippen LogP contribution in [0.25, 0.3) is 0 Å². The standard InChI is InChI=1S/C19H19N3O6S/c1-3-28-19(24)13(11-20)12-21-16-10-14(8-9-17(16)23)29(25,26)22-15-6-4-5-7-18(15)27-2/h4-10,12,21-23H,3H2,1-2H3/b13-12+. The molecule has 0 fully saturated rings. The summed E-state index contributed by atoms with van der Waals surface area (Å²) in [4.78, 5) is 11.5. The Bertz CT molecular complexity index is 1070. The lowest BCUT2D eigenvalue weighted by Gasteiger charge is -2.13. The highest BCUT2D eigenvalue weighted by Crippen LogP contribution is 2.30. The molecule has 0 saturated heterocycles. The van der Waals surface area contributed by atoms with E-state index in [2.05, 4.69) is 10.0 Å². The van der Waals surface area contributed by atoms with Gasteiger partial charge in [0.05, 0.1) is 30.0 Å². The summed E-state index contributed by atoms with van der Waals surface area (Å²) < 4.78 is 37.7. The van der Waals surface area contributed by atoms with Gasteiger partial charge in [-0.25, -0.2) is 13.2 Å². The van der Waals surface area contributed by atoms with Crippen molar-refractivity contribution in [2.45, 2.75) is 11.8 Å².